The third kappa shape index (κ3) is 4.31. The Morgan fingerprint density at radius 2 is 1.97 bits per heavy atom. The number of thioether (sulfide) groups is 1. The summed E-state index contributed by atoms with van der Waals surface area (Å²) in [5.74, 6) is -4.70. The van der Waals surface area contributed by atoms with E-state index in [0.717, 1.165) is 29.3 Å². The van der Waals surface area contributed by atoms with Gasteiger partial charge in [0.25, 0.3) is 0 Å². The van der Waals surface area contributed by atoms with Crippen LogP contribution in [-0.2, 0) is 17.8 Å². The van der Waals surface area contributed by atoms with Gasteiger partial charge in [-0.15, -0.1) is 16.7 Å². The van der Waals surface area contributed by atoms with E-state index in [2.05, 4.69) is 26.5 Å². The fourth-order valence-electron chi connectivity index (χ4n) is 3.67. The Bertz CT molecular complexity index is 1360. The van der Waals surface area contributed by atoms with Gasteiger partial charge in [-0.3, -0.25) is 0 Å². The van der Waals surface area contributed by atoms with Gasteiger partial charge < -0.3 is 5.32 Å². The molecule has 0 spiro atoms. The fourth-order valence-corrected chi connectivity index (χ4v) is 5.15. The highest BCUT2D eigenvalue weighted by molar-refractivity contribution is 8.00. The molecular weight excluding hydrogens is 527 g/mol. The standard InChI is InChI=1S/C22H18ClF5N6OS/c1-33-19(17(36-14-3-4-14)18(32-33)21(24,35-28)22(25,26)27)34-10-13(9-30-34)12-2-5-15(23)16(8-12)31-20(11-29)6-7-20/h2,5,8-10,14,31H,3-4,6-7H2,1H3. The number of nitrogens with zero attached hydrogens (tertiary/aromatic N) is 5. The monoisotopic (exact) mass is 544 g/mol. The van der Waals surface area contributed by atoms with Crippen LogP contribution in [0.3, 0.4) is 0 Å². The van der Waals surface area contributed by atoms with E-state index in [1.165, 1.54) is 24.1 Å². The lowest BCUT2D eigenvalue weighted by Gasteiger charge is -2.22. The Labute approximate surface area is 211 Å². The molecule has 2 aliphatic rings. The molecule has 1 atom stereocenters. The first-order valence-electron chi connectivity index (χ1n) is 10.8. The molecule has 0 bridgehead atoms. The molecule has 0 aliphatic heterocycles. The quantitative estimate of drug-likeness (QED) is 0.338. The highest BCUT2D eigenvalue weighted by Gasteiger charge is 2.64. The second-order valence-electron chi connectivity index (χ2n) is 8.80. The van der Waals surface area contributed by atoms with Gasteiger partial charge in [0.05, 0.1) is 27.9 Å². The maximum Gasteiger partial charge on any atom is 0.458 e. The summed E-state index contributed by atoms with van der Waals surface area (Å²) in [6.45, 7) is 0. The van der Waals surface area contributed by atoms with Gasteiger partial charge in [0.15, 0.2) is 11.5 Å². The van der Waals surface area contributed by atoms with E-state index in [-0.39, 0.29) is 16.0 Å². The summed E-state index contributed by atoms with van der Waals surface area (Å²) in [6.07, 6.45) is 0.138. The summed E-state index contributed by atoms with van der Waals surface area (Å²) in [5.41, 5.74) is -0.0643. The Hall–Kier alpha value is -2.82. The number of hydrogen-bond acceptors (Lipinski definition) is 6. The van der Waals surface area contributed by atoms with Crippen molar-refractivity contribution in [2.24, 2.45) is 7.05 Å². The molecule has 190 valence electrons. The number of halogens is 6. The number of alkyl halides is 4. The number of nitriles is 1. The summed E-state index contributed by atoms with van der Waals surface area (Å²) < 4.78 is 70.5. The largest absolute Gasteiger partial charge is 0.458 e. The van der Waals surface area contributed by atoms with E-state index in [9.17, 15) is 27.3 Å². The van der Waals surface area contributed by atoms with Gasteiger partial charge in [-0.2, -0.15) is 33.0 Å². The zero-order chi connectivity index (χ0) is 25.9. The van der Waals surface area contributed by atoms with Crippen molar-refractivity contribution in [3.05, 3.63) is 41.3 Å². The lowest BCUT2D eigenvalue weighted by Crippen LogP contribution is -2.40. The molecule has 2 aromatic heterocycles. The van der Waals surface area contributed by atoms with Crippen molar-refractivity contribution in [3.63, 3.8) is 0 Å². The molecule has 2 saturated carbocycles. The minimum absolute atomic E-state index is 0.0326. The first-order valence-corrected chi connectivity index (χ1v) is 12.1. The Morgan fingerprint density at radius 3 is 2.56 bits per heavy atom. The Kier molecular flexibility index (Phi) is 5.96. The van der Waals surface area contributed by atoms with Crippen LogP contribution >= 0.6 is 23.4 Å². The maximum absolute atomic E-state index is 14.8. The predicted molar refractivity (Wildman–Crippen MR) is 122 cm³/mol. The zero-order valence-electron chi connectivity index (χ0n) is 18.6. The van der Waals surface area contributed by atoms with Crippen LogP contribution in [0.4, 0.5) is 27.8 Å². The molecule has 1 N–H and O–H groups in total. The third-order valence-electron chi connectivity index (χ3n) is 6.00. The molecule has 7 nitrogen and oxygen atoms in total. The van der Waals surface area contributed by atoms with Gasteiger partial charge in [0.1, 0.15) is 5.54 Å². The molecule has 2 aliphatic carbocycles. The lowest BCUT2D eigenvalue weighted by atomic mass is 10.1. The Morgan fingerprint density at radius 1 is 1.25 bits per heavy atom. The van der Waals surface area contributed by atoms with Crippen molar-refractivity contribution in [2.75, 3.05) is 5.32 Å². The second-order valence-corrected chi connectivity index (χ2v) is 10.5. The van der Waals surface area contributed by atoms with Crippen molar-refractivity contribution in [1.82, 2.24) is 19.6 Å². The summed E-state index contributed by atoms with van der Waals surface area (Å²) in [7, 11) is 1.31. The van der Waals surface area contributed by atoms with E-state index in [1.807, 2.05) is 0 Å². The van der Waals surface area contributed by atoms with E-state index >= 15 is 0 Å². The first kappa shape index (κ1) is 24.9. The number of benzene rings is 1. The van der Waals surface area contributed by atoms with Crippen LogP contribution in [0.15, 0.2) is 35.5 Å². The predicted octanol–water partition coefficient (Wildman–Crippen LogP) is 6.23. The van der Waals surface area contributed by atoms with Gasteiger partial charge in [0, 0.05) is 24.1 Å². The molecule has 2 heterocycles. The van der Waals surface area contributed by atoms with Crippen molar-refractivity contribution in [3.8, 4) is 23.0 Å². The van der Waals surface area contributed by atoms with Crippen molar-refractivity contribution in [2.45, 2.75) is 53.4 Å². The second kappa shape index (κ2) is 8.64. The molecule has 0 saturated heterocycles. The van der Waals surface area contributed by atoms with Crippen molar-refractivity contribution in [1.29, 1.82) is 5.26 Å². The molecule has 0 radical (unpaired) electrons. The molecule has 3 aromatic rings. The number of anilines is 1. The van der Waals surface area contributed by atoms with E-state index in [1.54, 1.807) is 18.2 Å². The number of aromatic nitrogens is 4. The van der Waals surface area contributed by atoms with E-state index in [4.69, 9.17) is 11.6 Å². The molecular formula is C22H18ClF5N6OS. The molecule has 1 aromatic carbocycles. The van der Waals surface area contributed by atoms with Crippen molar-refractivity contribution >= 4 is 29.1 Å². The molecule has 2 fully saturated rings. The molecule has 5 rings (SSSR count). The smallest absolute Gasteiger partial charge is 0.366 e. The highest BCUT2D eigenvalue weighted by Crippen LogP contribution is 2.51. The third-order valence-corrected chi connectivity index (χ3v) is 7.74. The summed E-state index contributed by atoms with van der Waals surface area (Å²) in [4.78, 5) is 2.62. The van der Waals surface area contributed by atoms with Crippen LogP contribution in [0.25, 0.3) is 16.9 Å². The van der Waals surface area contributed by atoms with Gasteiger partial charge in [0.2, 0.25) is 0 Å². The van der Waals surface area contributed by atoms with Gasteiger partial charge in [-0.05, 0) is 47.9 Å². The average Bonchev–Trinajstić information content (AvgIpc) is 3.73. The first-order chi connectivity index (χ1) is 17.0. The normalized spacial score (nSPS) is 18.5. The van der Waals surface area contributed by atoms with Crippen LogP contribution in [0.5, 0.6) is 0 Å². The zero-order valence-corrected chi connectivity index (χ0v) is 20.2. The molecule has 14 heteroatoms. The number of aryl methyl sites for hydroxylation is 1. The topological polar surface area (TPSA) is 80.7 Å². The van der Waals surface area contributed by atoms with Crippen LogP contribution < -0.4 is 5.32 Å². The lowest BCUT2D eigenvalue weighted by molar-refractivity contribution is -0.413. The summed E-state index contributed by atoms with van der Waals surface area (Å²) in [5, 5.41) is 20.8. The van der Waals surface area contributed by atoms with Gasteiger partial charge >= 0.3 is 12.0 Å². The van der Waals surface area contributed by atoms with Gasteiger partial charge in [-0.25, -0.2) is 9.36 Å². The maximum atomic E-state index is 14.8. The van der Waals surface area contributed by atoms with Gasteiger partial charge in [-0.1, -0.05) is 17.7 Å². The summed E-state index contributed by atoms with van der Waals surface area (Å²) >= 11 is 7.26. The SMILES string of the molecule is Cn1nc(C(F)(OF)C(F)(F)F)c(SC2CC2)c1-n1cc(-c2ccc(Cl)c(NC3(C#N)CC3)c2)cn1. The number of rotatable bonds is 8. The van der Waals surface area contributed by atoms with Crippen molar-refractivity contribution < 1.29 is 27.0 Å². The highest BCUT2D eigenvalue weighted by atomic mass is 35.5. The summed E-state index contributed by atoms with van der Waals surface area (Å²) in [6, 6.07) is 7.35. The van der Waals surface area contributed by atoms with E-state index in [0.29, 0.717) is 34.7 Å². The van der Waals surface area contributed by atoms with Crippen LogP contribution in [-0.4, -0.2) is 36.5 Å². The van der Waals surface area contributed by atoms with Crippen LogP contribution in [0, 0.1) is 11.3 Å². The molecule has 36 heavy (non-hydrogen) atoms. The average molecular weight is 545 g/mol. The minimum atomic E-state index is -5.70. The van der Waals surface area contributed by atoms with E-state index < -0.39 is 23.3 Å². The van der Waals surface area contributed by atoms with Crippen LogP contribution in [0.2, 0.25) is 5.02 Å². The fraction of sp³-hybridized carbons (Fsp3) is 0.409. The van der Waals surface area contributed by atoms with Crippen LogP contribution in [0.1, 0.15) is 31.4 Å². The number of hydrogen-bond donors (Lipinski definition) is 1. The minimum Gasteiger partial charge on any atom is -0.366 e. The molecule has 0 amide bonds. The Balaban J connectivity index is 1.55. The number of nitrogens with one attached hydrogen (secondary N) is 1. The molecule has 1 unspecified atom stereocenters.